The molecule has 0 aliphatic rings. The SMILES string of the molecule is C=CCS(=O)(=O)C(C)C(=O)Nc1c(C)cc(C)cc1C. The van der Waals surface area contributed by atoms with Crippen LogP contribution in [0.1, 0.15) is 23.6 Å². The molecule has 0 saturated heterocycles. The van der Waals surface area contributed by atoms with Crippen LogP contribution in [0.5, 0.6) is 0 Å². The van der Waals surface area contributed by atoms with Gasteiger partial charge in [0.1, 0.15) is 5.25 Å². The number of nitrogens with one attached hydrogen (secondary N) is 1. The molecule has 1 atom stereocenters. The van der Waals surface area contributed by atoms with Gasteiger partial charge in [0.25, 0.3) is 0 Å². The Hall–Kier alpha value is -1.62. The van der Waals surface area contributed by atoms with E-state index in [1.807, 2.05) is 32.9 Å². The molecule has 4 nitrogen and oxygen atoms in total. The van der Waals surface area contributed by atoms with Gasteiger partial charge in [-0.3, -0.25) is 4.79 Å². The minimum absolute atomic E-state index is 0.201. The van der Waals surface area contributed by atoms with Crippen LogP contribution in [0.25, 0.3) is 0 Å². The number of sulfone groups is 1. The van der Waals surface area contributed by atoms with Gasteiger partial charge in [-0.2, -0.15) is 0 Å². The molecule has 1 rings (SSSR count). The van der Waals surface area contributed by atoms with Gasteiger partial charge in [0.05, 0.1) is 5.75 Å². The van der Waals surface area contributed by atoms with Crippen molar-refractivity contribution in [3.05, 3.63) is 41.5 Å². The summed E-state index contributed by atoms with van der Waals surface area (Å²) in [5.74, 6) is -0.713. The van der Waals surface area contributed by atoms with Crippen molar-refractivity contribution in [2.75, 3.05) is 11.1 Å². The molecule has 0 fully saturated rings. The molecule has 1 aromatic rings. The third-order valence-electron chi connectivity index (χ3n) is 3.18. The van der Waals surface area contributed by atoms with Crippen molar-refractivity contribution < 1.29 is 13.2 Å². The summed E-state index contributed by atoms with van der Waals surface area (Å²) in [7, 11) is -3.49. The van der Waals surface area contributed by atoms with Gasteiger partial charge in [-0.15, -0.1) is 6.58 Å². The largest absolute Gasteiger partial charge is 0.324 e. The van der Waals surface area contributed by atoms with Gasteiger partial charge in [-0.25, -0.2) is 8.42 Å². The van der Waals surface area contributed by atoms with Crippen LogP contribution in [0.4, 0.5) is 5.69 Å². The zero-order chi connectivity index (χ0) is 15.5. The zero-order valence-electron chi connectivity index (χ0n) is 12.4. The van der Waals surface area contributed by atoms with Crippen molar-refractivity contribution in [3.8, 4) is 0 Å². The lowest BCUT2D eigenvalue weighted by Gasteiger charge is -2.16. The van der Waals surface area contributed by atoms with E-state index < -0.39 is 21.0 Å². The van der Waals surface area contributed by atoms with Crippen LogP contribution in [-0.2, 0) is 14.6 Å². The van der Waals surface area contributed by atoms with E-state index in [2.05, 4.69) is 11.9 Å². The Morgan fingerprint density at radius 2 is 1.80 bits per heavy atom. The first-order chi connectivity index (χ1) is 9.19. The molecule has 20 heavy (non-hydrogen) atoms. The maximum Gasteiger partial charge on any atom is 0.242 e. The second-order valence-electron chi connectivity index (χ2n) is 5.02. The van der Waals surface area contributed by atoms with Crippen LogP contribution in [0.2, 0.25) is 0 Å². The van der Waals surface area contributed by atoms with E-state index in [0.29, 0.717) is 5.69 Å². The van der Waals surface area contributed by atoms with Crippen LogP contribution in [0, 0.1) is 20.8 Å². The number of amides is 1. The second-order valence-corrected chi connectivity index (χ2v) is 7.39. The van der Waals surface area contributed by atoms with Crippen molar-refractivity contribution in [1.29, 1.82) is 0 Å². The topological polar surface area (TPSA) is 63.2 Å². The van der Waals surface area contributed by atoms with E-state index in [9.17, 15) is 13.2 Å². The molecule has 1 N–H and O–H groups in total. The normalized spacial score (nSPS) is 12.8. The molecule has 0 aliphatic heterocycles. The average Bonchev–Trinajstić information content (AvgIpc) is 2.32. The van der Waals surface area contributed by atoms with E-state index in [-0.39, 0.29) is 5.75 Å². The summed E-state index contributed by atoms with van der Waals surface area (Å²) in [5, 5.41) is 1.62. The highest BCUT2D eigenvalue weighted by Crippen LogP contribution is 2.22. The molecule has 0 radical (unpaired) electrons. The number of hydrogen-bond donors (Lipinski definition) is 1. The molecule has 0 heterocycles. The lowest BCUT2D eigenvalue weighted by Crippen LogP contribution is -2.34. The molecule has 0 spiro atoms. The summed E-state index contributed by atoms with van der Waals surface area (Å²) in [6.07, 6.45) is 1.29. The number of anilines is 1. The highest BCUT2D eigenvalue weighted by Gasteiger charge is 2.27. The zero-order valence-corrected chi connectivity index (χ0v) is 13.2. The highest BCUT2D eigenvalue weighted by atomic mass is 32.2. The van der Waals surface area contributed by atoms with Gasteiger partial charge in [0.15, 0.2) is 9.84 Å². The molecule has 1 amide bonds. The van der Waals surface area contributed by atoms with Gasteiger partial charge in [0.2, 0.25) is 5.91 Å². The lowest BCUT2D eigenvalue weighted by molar-refractivity contribution is -0.115. The highest BCUT2D eigenvalue weighted by molar-refractivity contribution is 7.92. The van der Waals surface area contributed by atoms with Crippen molar-refractivity contribution >= 4 is 21.4 Å². The molecule has 110 valence electrons. The third kappa shape index (κ3) is 3.70. The van der Waals surface area contributed by atoms with Crippen LogP contribution < -0.4 is 5.32 Å². The van der Waals surface area contributed by atoms with Crippen LogP contribution in [0.15, 0.2) is 24.8 Å². The molecule has 0 aliphatic carbocycles. The molecule has 5 heteroatoms. The predicted molar refractivity (Wildman–Crippen MR) is 82.7 cm³/mol. The maximum atomic E-state index is 12.1. The lowest BCUT2D eigenvalue weighted by atomic mass is 10.1. The van der Waals surface area contributed by atoms with Gasteiger partial charge in [-0.1, -0.05) is 23.8 Å². The van der Waals surface area contributed by atoms with Crippen LogP contribution in [0.3, 0.4) is 0 Å². The Balaban J connectivity index is 3.00. The molecular formula is C15H21NO3S. The van der Waals surface area contributed by atoms with Crippen molar-refractivity contribution in [1.82, 2.24) is 0 Å². The molecule has 0 aromatic heterocycles. The fraction of sp³-hybridized carbons (Fsp3) is 0.400. The summed E-state index contributed by atoms with van der Waals surface area (Å²) in [5.41, 5.74) is 3.62. The van der Waals surface area contributed by atoms with Crippen molar-refractivity contribution in [3.63, 3.8) is 0 Å². The van der Waals surface area contributed by atoms with Gasteiger partial charge in [0, 0.05) is 5.69 Å². The monoisotopic (exact) mass is 295 g/mol. The minimum atomic E-state index is -3.49. The Morgan fingerprint density at radius 1 is 1.30 bits per heavy atom. The summed E-state index contributed by atoms with van der Waals surface area (Å²) >= 11 is 0. The van der Waals surface area contributed by atoms with Crippen LogP contribution in [-0.4, -0.2) is 25.3 Å². The van der Waals surface area contributed by atoms with E-state index in [0.717, 1.165) is 16.7 Å². The van der Waals surface area contributed by atoms with Crippen molar-refractivity contribution in [2.45, 2.75) is 32.9 Å². The Morgan fingerprint density at radius 3 is 2.25 bits per heavy atom. The standard InChI is InChI=1S/C15H21NO3S/c1-6-7-20(18,19)13(5)15(17)16-14-11(3)8-10(2)9-12(14)4/h6,8-9,13H,1,7H2,2-5H3,(H,16,17). The summed E-state index contributed by atoms with van der Waals surface area (Å²) < 4.78 is 23.7. The predicted octanol–water partition coefficient (Wildman–Crippen LogP) is 2.54. The third-order valence-corrected chi connectivity index (χ3v) is 5.18. The van der Waals surface area contributed by atoms with E-state index in [4.69, 9.17) is 0 Å². The molecular weight excluding hydrogens is 274 g/mol. The van der Waals surface area contributed by atoms with Gasteiger partial charge < -0.3 is 5.32 Å². The number of carbonyl (C=O) groups excluding carboxylic acids is 1. The first-order valence-corrected chi connectivity index (χ1v) is 8.11. The van der Waals surface area contributed by atoms with Crippen LogP contribution >= 0.6 is 0 Å². The quantitative estimate of drug-likeness (QED) is 0.849. The molecule has 1 aromatic carbocycles. The summed E-state index contributed by atoms with van der Waals surface area (Å²) in [6.45, 7) is 10.5. The fourth-order valence-electron chi connectivity index (χ4n) is 2.07. The van der Waals surface area contributed by atoms with Gasteiger partial charge >= 0.3 is 0 Å². The summed E-state index contributed by atoms with van der Waals surface area (Å²) in [6, 6.07) is 3.90. The summed E-state index contributed by atoms with van der Waals surface area (Å²) in [4.78, 5) is 12.1. The van der Waals surface area contributed by atoms with Gasteiger partial charge in [-0.05, 0) is 38.8 Å². The molecule has 1 unspecified atom stereocenters. The first-order valence-electron chi connectivity index (χ1n) is 6.40. The number of benzene rings is 1. The second kappa shape index (κ2) is 6.22. The maximum absolute atomic E-state index is 12.1. The fourth-order valence-corrected chi connectivity index (χ4v) is 3.08. The number of rotatable bonds is 5. The molecule has 0 bridgehead atoms. The Labute approximate surface area is 120 Å². The van der Waals surface area contributed by atoms with E-state index >= 15 is 0 Å². The Kier molecular flexibility index (Phi) is 5.11. The number of carbonyl (C=O) groups is 1. The minimum Gasteiger partial charge on any atom is -0.324 e. The number of hydrogen-bond acceptors (Lipinski definition) is 3. The van der Waals surface area contributed by atoms with Crippen molar-refractivity contribution in [2.24, 2.45) is 0 Å². The average molecular weight is 295 g/mol. The number of aryl methyl sites for hydroxylation is 3. The first kappa shape index (κ1) is 16.4. The Bertz CT molecular complexity index is 610. The molecule has 0 saturated carbocycles. The smallest absolute Gasteiger partial charge is 0.242 e. The van der Waals surface area contributed by atoms with E-state index in [1.54, 1.807) is 0 Å². The van der Waals surface area contributed by atoms with E-state index in [1.165, 1.54) is 13.0 Å².